The van der Waals surface area contributed by atoms with Gasteiger partial charge in [0.1, 0.15) is 0 Å². The van der Waals surface area contributed by atoms with E-state index in [1.807, 2.05) is 0 Å². The molecular weight excluding hydrogens is 428 g/mol. The quantitative estimate of drug-likeness (QED) is 0.144. The van der Waals surface area contributed by atoms with E-state index in [1.165, 1.54) is 22.6 Å². The van der Waals surface area contributed by atoms with Crippen LogP contribution in [0, 0.1) is 0 Å². The molecule has 0 N–H and O–H groups in total. The second kappa shape index (κ2) is 9.52. The van der Waals surface area contributed by atoms with Gasteiger partial charge in [0.25, 0.3) is 5.67 Å². The Hall–Kier alpha value is 0.240. The first-order valence-corrected chi connectivity index (χ1v) is 8.66. The normalized spacial score (nSPS) is 15.1. The first-order chi connectivity index (χ1) is 9.95. The van der Waals surface area contributed by atoms with Crippen LogP contribution in [0.3, 0.4) is 0 Å². The van der Waals surface area contributed by atoms with Gasteiger partial charge in [-0.05, 0) is 6.42 Å². The molecule has 0 aromatic carbocycles. The monoisotopic (exact) mass is 450 g/mol. The van der Waals surface area contributed by atoms with Crippen LogP contribution in [0.25, 0.3) is 0 Å². The Labute approximate surface area is 140 Å². The zero-order chi connectivity index (χ0) is 17.4. The van der Waals surface area contributed by atoms with E-state index in [4.69, 9.17) is 0 Å². The number of hydrogen-bond donors (Lipinski definition) is 0. The summed E-state index contributed by atoms with van der Waals surface area (Å²) in [4.78, 5) is 0. The molecule has 0 radical (unpaired) electrons. The van der Waals surface area contributed by atoms with E-state index in [0.29, 0.717) is 6.42 Å². The summed E-state index contributed by atoms with van der Waals surface area (Å²) in [6.07, 6.45) is -6.79. The Morgan fingerprint density at radius 1 is 0.727 bits per heavy atom. The van der Waals surface area contributed by atoms with Crippen molar-refractivity contribution in [3.8, 4) is 0 Å². The van der Waals surface area contributed by atoms with Crippen molar-refractivity contribution in [3.05, 3.63) is 0 Å². The highest BCUT2D eigenvalue weighted by Gasteiger charge is 2.72. The van der Waals surface area contributed by atoms with Gasteiger partial charge in [-0.1, -0.05) is 74.5 Å². The van der Waals surface area contributed by atoms with Crippen molar-refractivity contribution >= 4 is 22.6 Å². The molecule has 0 heterocycles. The molecule has 22 heavy (non-hydrogen) atoms. The standard InChI is InChI=1S/C14H22F7I/c1-2-3-4-5-6-7-8-9-11(22)10-12(15,13(16,17)18)14(19,20)21/h11H,2-10H2,1H3. The van der Waals surface area contributed by atoms with Gasteiger partial charge in [-0.25, -0.2) is 4.39 Å². The molecule has 1 atom stereocenters. The van der Waals surface area contributed by atoms with Crippen LogP contribution < -0.4 is 0 Å². The molecule has 1 unspecified atom stereocenters. The van der Waals surface area contributed by atoms with Crippen LogP contribution in [-0.4, -0.2) is 21.9 Å². The maximum Gasteiger partial charge on any atom is 0.431 e. The Bertz CT molecular complexity index is 285. The number of halogens is 8. The summed E-state index contributed by atoms with van der Waals surface area (Å²) in [6, 6.07) is 0. The summed E-state index contributed by atoms with van der Waals surface area (Å²) >= 11 is 1.48. The molecule has 0 saturated carbocycles. The highest BCUT2D eigenvalue weighted by Crippen LogP contribution is 2.50. The molecule has 0 aliphatic carbocycles. The number of alkyl halides is 8. The van der Waals surface area contributed by atoms with Crippen molar-refractivity contribution in [1.29, 1.82) is 0 Å². The molecule has 0 amide bonds. The predicted octanol–water partition coefficient (Wildman–Crippen LogP) is 7.15. The molecule has 0 nitrogen and oxygen atoms in total. The Kier molecular flexibility index (Phi) is 9.62. The number of unbranched alkanes of at least 4 members (excludes halogenated alkanes) is 6. The van der Waals surface area contributed by atoms with Gasteiger partial charge in [0.2, 0.25) is 0 Å². The molecule has 0 spiro atoms. The largest absolute Gasteiger partial charge is 0.431 e. The lowest BCUT2D eigenvalue weighted by atomic mass is 9.95. The maximum absolute atomic E-state index is 13.5. The summed E-state index contributed by atoms with van der Waals surface area (Å²) in [5.41, 5.74) is -5.12. The molecule has 0 rings (SSSR count). The van der Waals surface area contributed by atoms with E-state index in [0.717, 1.165) is 38.5 Å². The SMILES string of the molecule is CCCCCCCCCC(I)CC(F)(C(F)(F)F)C(F)(F)F. The van der Waals surface area contributed by atoms with Crippen molar-refractivity contribution in [1.82, 2.24) is 0 Å². The first-order valence-electron chi connectivity index (χ1n) is 7.42. The van der Waals surface area contributed by atoms with Crippen molar-refractivity contribution in [2.24, 2.45) is 0 Å². The molecule has 8 heteroatoms. The fourth-order valence-corrected chi connectivity index (χ4v) is 3.17. The lowest BCUT2D eigenvalue weighted by molar-refractivity contribution is -0.342. The maximum atomic E-state index is 13.5. The van der Waals surface area contributed by atoms with Crippen molar-refractivity contribution in [2.75, 3.05) is 0 Å². The van der Waals surface area contributed by atoms with E-state index in [9.17, 15) is 30.7 Å². The van der Waals surface area contributed by atoms with Gasteiger partial charge in [0, 0.05) is 10.3 Å². The fraction of sp³-hybridized carbons (Fsp3) is 1.00. The van der Waals surface area contributed by atoms with Crippen LogP contribution in [0.1, 0.15) is 64.7 Å². The minimum Gasteiger partial charge on any atom is -0.224 e. The van der Waals surface area contributed by atoms with Gasteiger partial charge in [0.05, 0.1) is 0 Å². The third-order valence-electron chi connectivity index (χ3n) is 3.52. The lowest BCUT2D eigenvalue weighted by Crippen LogP contribution is -2.54. The minimum atomic E-state index is -5.94. The van der Waals surface area contributed by atoms with Crippen molar-refractivity contribution in [3.63, 3.8) is 0 Å². The predicted molar refractivity (Wildman–Crippen MR) is 81.0 cm³/mol. The Morgan fingerprint density at radius 3 is 1.55 bits per heavy atom. The van der Waals surface area contributed by atoms with Gasteiger partial charge >= 0.3 is 12.4 Å². The summed E-state index contributed by atoms with van der Waals surface area (Å²) in [6.45, 7) is 2.07. The van der Waals surface area contributed by atoms with Crippen molar-refractivity contribution in [2.45, 2.75) is 86.7 Å². The number of hydrogen-bond acceptors (Lipinski definition) is 0. The second-order valence-electron chi connectivity index (χ2n) is 5.51. The molecule has 0 aliphatic rings. The molecule has 134 valence electrons. The van der Waals surface area contributed by atoms with Gasteiger partial charge < -0.3 is 0 Å². The molecule has 0 aromatic rings. The highest BCUT2D eigenvalue weighted by atomic mass is 127. The molecule has 0 fully saturated rings. The highest BCUT2D eigenvalue weighted by molar-refractivity contribution is 14.1. The Balaban J connectivity index is 4.24. The van der Waals surface area contributed by atoms with E-state index < -0.39 is 28.4 Å². The van der Waals surface area contributed by atoms with Crippen LogP contribution in [-0.2, 0) is 0 Å². The Morgan fingerprint density at radius 2 is 1.14 bits per heavy atom. The van der Waals surface area contributed by atoms with E-state index in [1.54, 1.807) is 0 Å². The topological polar surface area (TPSA) is 0 Å². The van der Waals surface area contributed by atoms with E-state index in [2.05, 4.69) is 6.92 Å². The van der Waals surface area contributed by atoms with Crippen LogP contribution in [0.15, 0.2) is 0 Å². The average Bonchev–Trinajstić information content (AvgIpc) is 2.35. The lowest BCUT2D eigenvalue weighted by Gasteiger charge is -2.31. The summed E-state index contributed by atoms with van der Waals surface area (Å²) in [5, 5.41) is 0. The van der Waals surface area contributed by atoms with Gasteiger partial charge in [-0.2, -0.15) is 26.3 Å². The minimum absolute atomic E-state index is 0.159. The number of rotatable bonds is 10. The van der Waals surface area contributed by atoms with Gasteiger partial charge in [-0.15, -0.1) is 0 Å². The molecule has 0 saturated heterocycles. The average molecular weight is 450 g/mol. The third kappa shape index (κ3) is 7.21. The molecular formula is C14H22F7I. The molecule has 0 aromatic heterocycles. The summed E-state index contributed by atoms with van der Waals surface area (Å²) < 4.78 is 87.1. The summed E-state index contributed by atoms with van der Waals surface area (Å²) in [5.74, 6) is 0. The van der Waals surface area contributed by atoms with Crippen LogP contribution in [0.5, 0.6) is 0 Å². The molecule has 0 bridgehead atoms. The third-order valence-corrected chi connectivity index (χ3v) is 4.59. The van der Waals surface area contributed by atoms with Crippen LogP contribution in [0.4, 0.5) is 30.7 Å². The van der Waals surface area contributed by atoms with Crippen LogP contribution >= 0.6 is 22.6 Å². The first kappa shape index (κ1) is 22.2. The smallest absolute Gasteiger partial charge is 0.224 e. The van der Waals surface area contributed by atoms with Gasteiger partial charge in [0.15, 0.2) is 0 Å². The zero-order valence-electron chi connectivity index (χ0n) is 12.5. The molecule has 0 aliphatic heterocycles. The van der Waals surface area contributed by atoms with Crippen molar-refractivity contribution < 1.29 is 30.7 Å². The fourth-order valence-electron chi connectivity index (χ4n) is 2.12. The van der Waals surface area contributed by atoms with E-state index >= 15 is 0 Å². The van der Waals surface area contributed by atoms with Gasteiger partial charge in [-0.3, -0.25) is 0 Å². The second-order valence-corrected chi connectivity index (χ2v) is 7.27. The van der Waals surface area contributed by atoms with E-state index in [-0.39, 0.29) is 6.42 Å². The van der Waals surface area contributed by atoms with Crippen LogP contribution in [0.2, 0.25) is 0 Å². The zero-order valence-corrected chi connectivity index (χ0v) is 14.6. The summed E-state index contributed by atoms with van der Waals surface area (Å²) in [7, 11) is 0.